The molecule has 0 N–H and O–H groups in total. The van der Waals surface area contributed by atoms with E-state index in [1.165, 1.54) is 35.7 Å². The Morgan fingerprint density at radius 3 is 1.41 bits per heavy atom. The third-order valence-corrected chi connectivity index (χ3v) is 9.55. The van der Waals surface area contributed by atoms with E-state index in [1.54, 1.807) is 24.3 Å². The maximum absolute atomic E-state index is 12.9. The molecule has 0 aliphatic rings. The van der Waals surface area contributed by atoms with Gasteiger partial charge in [-0.1, -0.05) is 0 Å². The maximum atomic E-state index is 12.9. The van der Waals surface area contributed by atoms with E-state index >= 15 is 0 Å². The first-order valence-corrected chi connectivity index (χ1v) is 15.7. The van der Waals surface area contributed by atoms with Crippen LogP contribution in [0.1, 0.15) is 23.0 Å². The molecule has 0 fully saturated rings. The van der Waals surface area contributed by atoms with Crippen LogP contribution in [-0.2, 0) is 17.2 Å². The van der Waals surface area contributed by atoms with Gasteiger partial charge in [-0.15, -0.1) is 0 Å². The molecule has 0 saturated heterocycles. The molecule has 0 aliphatic heterocycles. The number of carbonyl (C=O) groups is 2. The quantitative estimate of drug-likeness (QED) is 0.114. The molecule has 0 radical (unpaired) electrons. The van der Waals surface area contributed by atoms with E-state index < -0.39 is 39.7 Å². The van der Waals surface area contributed by atoms with Crippen molar-refractivity contribution in [3.8, 4) is 0 Å². The summed E-state index contributed by atoms with van der Waals surface area (Å²) < 4.78 is 10.8. The van der Waals surface area contributed by atoms with Gasteiger partial charge in [-0.05, 0) is 0 Å². The summed E-state index contributed by atoms with van der Waals surface area (Å²) >= 11 is 14.4. The number of rotatable bonds is 12. The first-order valence-electron chi connectivity index (χ1n) is 12.4. The van der Waals surface area contributed by atoms with Gasteiger partial charge in [-0.25, -0.2) is 0 Å². The van der Waals surface area contributed by atoms with Crippen LogP contribution in [0.25, 0.3) is 0 Å². The van der Waals surface area contributed by atoms with Crippen LogP contribution in [0.15, 0.2) is 142 Å². The molecule has 0 aliphatic carbocycles. The number of carbonyl (C=O) groups excluding carboxylic acids is 2. The van der Waals surface area contributed by atoms with Crippen molar-refractivity contribution < 1.29 is 17.2 Å². The van der Waals surface area contributed by atoms with Crippen molar-refractivity contribution in [3.63, 3.8) is 0 Å². The third-order valence-electron chi connectivity index (χ3n) is 5.88. The Labute approximate surface area is 265 Å². The summed E-state index contributed by atoms with van der Waals surface area (Å²) in [5, 5.41) is 1.14. The zero-order valence-electron chi connectivity index (χ0n) is 21.7. The third kappa shape index (κ3) is 8.56. The molecule has 0 spiro atoms. The molecule has 4 aromatic carbocycles. The molecule has 0 bridgehead atoms. The van der Waals surface area contributed by atoms with E-state index in [-0.39, 0.29) is 0 Å². The molecule has 0 heterocycles. The molecule has 204 valence electrons. The Morgan fingerprint density at radius 1 is 0.659 bits per heavy atom. The zero-order chi connectivity index (χ0) is 29.2. The van der Waals surface area contributed by atoms with Crippen LogP contribution in [-0.4, -0.2) is 27.8 Å². The topological polar surface area (TPSA) is 52.6 Å². The van der Waals surface area contributed by atoms with Crippen LogP contribution in [0, 0.1) is 0 Å². The summed E-state index contributed by atoms with van der Waals surface area (Å²) in [5.41, 5.74) is 1.35. The summed E-state index contributed by atoms with van der Waals surface area (Å²) in [6.07, 6.45) is 2.99. The number of hydrogen-bond donors (Lipinski definition) is 0. The molecule has 4 nitrogen and oxygen atoms in total. The standard InChI is InChI=1S/2C16H13ClO2S.Al/c2*1-2-13(16(18)19)11-8-9-14(17)15(10-11)20-12-6-4-3-5-7-12;/h2*2-10,13H,1H2,(H,18,19);/q;;+3/p-2. The fourth-order valence-corrected chi connectivity index (χ4v) is 6.63. The molecule has 0 saturated carbocycles. The summed E-state index contributed by atoms with van der Waals surface area (Å²) in [6, 6.07) is 30.3. The summed E-state index contributed by atoms with van der Waals surface area (Å²) in [4.78, 5) is 29.5. The van der Waals surface area contributed by atoms with Gasteiger partial charge in [0.2, 0.25) is 0 Å². The Balaban J connectivity index is 1.38. The van der Waals surface area contributed by atoms with Crippen LogP contribution < -0.4 is 0 Å². The predicted molar refractivity (Wildman–Crippen MR) is 168 cm³/mol. The second-order valence-electron chi connectivity index (χ2n) is 8.61. The van der Waals surface area contributed by atoms with Crippen molar-refractivity contribution in [3.05, 3.63) is 144 Å². The van der Waals surface area contributed by atoms with E-state index in [4.69, 9.17) is 30.8 Å². The second-order valence-corrected chi connectivity index (χ2v) is 12.3. The molecule has 0 aromatic heterocycles. The van der Waals surface area contributed by atoms with Crippen LogP contribution in [0.5, 0.6) is 0 Å². The average Bonchev–Trinajstić information content (AvgIpc) is 2.98. The summed E-state index contributed by atoms with van der Waals surface area (Å²) in [6.45, 7) is 7.60. The monoisotopic (exact) mass is 633 g/mol. The van der Waals surface area contributed by atoms with Crippen molar-refractivity contribution in [2.24, 2.45) is 0 Å². The SMILES string of the molecule is C=CC(C(=O)[O][Al+][O]C(=O)C(C=C)c1ccc(Cl)c(Sc2ccccc2)c1)c1ccc(Cl)c(Sc2ccccc2)c1. The molecule has 4 aromatic rings. The molecule has 0 amide bonds. The Hall–Kier alpha value is -2.89. The van der Waals surface area contributed by atoms with Crippen LogP contribution in [0.4, 0.5) is 0 Å². The predicted octanol–water partition coefficient (Wildman–Crippen LogP) is 9.16. The molecule has 2 atom stereocenters. The Bertz CT molecular complexity index is 1420. The fourth-order valence-electron chi connectivity index (χ4n) is 3.82. The van der Waals surface area contributed by atoms with Gasteiger partial charge in [-0.2, -0.15) is 0 Å². The molecular weight excluding hydrogens is 610 g/mol. The minimum atomic E-state index is -1.41. The summed E-state index contributed by atoms with van der Waals surface area (Å²) in [5.74, 6) is -2.64. The van der Waals surface area contributed by atoms with Crippen LogP contribution in [0.3, 0.4) is 0 Å². The van der Waals surface area contributed by atoms with Gasteiger partial charge in [-0.3, -0.25) is 0 Å². The molecular formula is C32H24AlCl2O4S2+. The van der Waals surface area contributed by atoms with Gasteiger partial charge >= 0.3 is 267 Å². The number of halogens is 2. The minimum absolute atomic E-state index is 0.566. The van der Waals surface area contributed by atoms with Gasteiger partial charge in [0.1, 0.15) is 0 Å². The number of hydrogen-bond acceptors (Lipinski definition) is 6. The van der Waals surface area contributed by atoms with Crippen molar-refractivity contribution in [2.45, 2.75) is 31.4 Å². The molecule has 4 rings (SSSR count). The fraction of sp³-hybridized carbons (Fsp3) is 0.0625. The summed E-state index contributed by atoms with van der Waals surface area (Å²) in [7, 11) is 0. The van der Waals surface area contributed by atoms with Gasteiger partial charge in [0, 0.05) is 0 Å². The molecule has 41 heavy (non-hydrogen) atoms. The first-order chi connectivity index (χ1) is 19.9. The molecule has 9 heteroatoms. The Kier molecular flexibility index (Phi) is 11.6. The normalized spacial score (nSPS) is 12.0. The van der Waals surface area contributed by atoms with Gasteiger partial charge < -0.3 is 0 Å². The Morgan fingerprint density at radius 2 is 1.05 bits per heavy atom. The van der Waals surface area contributed by atoms with Crippen LogP contribution >= 0.6 is 46.7 Å². The first kappa shape index (κ1) is 31.1. The van der Waals surface area contributed by atoms with E-state index in [1.807, 2.05) is 72.8 Å². The van der Waals surface area contributed by atoms with E-state index in [0.717, 1.165) is 19.6 Å². The van der Waals surface area contributed by atoms with Crippen LogP contribution in [0.2, 0.25) is 10.0 Å². The number of benzene rings is 4. The van der Waals surface area contributed by atoms with Crippen molar-refractivity contribution in [1.82, 2.24) is 0 Å². The van der Waals surface area contributed by atoms with Gasteiger partial charge in [0.25, 0.3) is 0 Å². The zero-order valence-corrected chi connectivity index (χ0v) is 26.0. The molecule has 2 unspecified atom stereocenters. The van der Waals surface area contributed by atoms with Gasteiger partial charge in [0.15, 0.2) is 0 Å². The van der Waals surface area contributed by atoms with E-state index in [2.05, 4.69) is 13.2 Å². The van der Waals surface area contributed by atoms with Gasteiger partial charge in [0.05, 0.1) is 0 Å². The van der Waals surface area contributed by atoms with E-state index in [0.29, 0.717) is 21.2 Å². The van der Waals surface area contributed by atoms with Crippen molar-refractivity contribution in [2.75, 3.05) is 0 Å². The van der Waals surface area contributed by atoms with Crippen molar-refractivity contribution in [1.29, 1.82) is 0 Å². The second kappa shape index (κ2) is 15.4. The average molecular weight is 635 g/mol. The van der Waals surface area contributed by atoms with E-state index in [9.17, 15) is 9.59 Å². The van der Waals surface area contributed by atoms with Crippen molar-refractivity contribution >= 4 is 74.6 Å².